The van der Waals surface area contributed by atoms with Crippen molar-refractivity contribution in [1.29, 1.82) is 0 Å². The molecule has 1 aliphatic rings. The molecule has 0 amide bonds. The number of guanidine groups is 1. The van der Waals surface area contributed by atoms with E-state index in [-0.39, 0.29) is 5.82 Å². The molecule has 2 rings (SSSR count). The SMILES string of the molecule is CN=C(NCCCOCC1CC1)NCc1ccc(F)cc1CSC. The van der Waals surface area contributed by atoms with E-state index in [0.29, 0.717) is 6.54 Å². The third kappa shape index (κ3) is 7.09. The zero-order valence-electron chi connectivity index (χ0n) is 14.6. The molecule has 1 aromatic carbocycles. The van der Waals surface area contributed by atoms with Gasteiger partial charge >= 0.3 is 0 Å². The summed E-state index contributed by atoms with van der Waals surface area (Å²) < 4.78 is 19.0. The molecule has 0 aliphatic heterocycles. The van der Waals surface area contributed by atoms with Gasteiger partial charge in [-0.25, -0.2) is 4.39 Å². The molecule has 0 unspecified atom stereocenters. The smallest absolute Gasteiger partial charge is 0.191 e. The maximum Gasteiger partial charge on any atom is 0.191 e. The summed E-state index contributed by atoms with van der Waals surface area (Å²) in [5.41, 5.74) is 2.13. The minimum Gasteiger partial charge on any atom is -0.381 e. The Labute approximate surface area is 148 Å². The topological polar surface area (TPSA) is 45.7 Å². The number of benzene rings is 1. The maximum atomic E-state index is 13.4. The molecule has 1 saturated carbocycles. The van der Waals surface area contributed by atoms with Crippen LogP contribution in [0.4, 0.5) is 4.39 Å². The number of hydrogen-bond acceptors (Lipinski definition) is 3. The zero-order valence-corrected chi connectivity index (χ0v) is 15.4. The number of ether oxygens (including phenoxy) is 1. The number of nitrogens with one attached hydrogen (secondary N) is 2. The van der Waals surface area contributed by atoms with Crippen molar-refractivity contribution in [2.75, 3.05) is 33.1 Å². The molecule has 0 saturated heterocycles. The molecule has 0 radical (unpaired) electrons. The minimum absolute atomic E-state index is 0.184. The zero-order chi connectivity index (χ0) is 17.2. The monoisotopic (exact) mass is 353 g/mol. The molecule has 24 heavy (non-hydrogen) atoms. The first-order valence-corrected chi connectivity index (χ1v) is 9.90. The highest BCUT2D eigenvalue weighted by Gasteiger charge is 2.20. The number of nitrogens with zero attached hydrogens (tertiary/aromatic N) is 1. The van der Waals surface area contributed by atoms with Gasteiger partial charge in [0.25, 0.3) is 0 Å². The summed E-state index contributed by atoms with van der Waals surface area (Å²) in [7, 11) is 1.76. The van der Waals surface area contributed by atoms with Crippen molar-refractivity contribution in [3.05, 3.63) is 35.1 Å². The lowest BCUT2D eigenvalue weighted by atomic mass is 10.1. The van der Waals surface area contributed by atoms with Gasteiger partial charge in [-0.15, -0.1) is 0 Å². The molecule has 134 valence electrons. The normalized spacial score (nSPS) is 14.7. The Morgan fingerprint density at radius 3 is 2.88 bits per heavy atom. The van der Waals surface area contributed by atoms with Crippen LogP contribution in [0.15, 0.2) is 23.2 Å². The summed E-state index contributed by atoms with van der Waals surface area (Å²) in [6, 6.07) is 4.96. The van der Waals surface area contributed by atoms with Crippen LogP contribution in [0.1, 0.15) is 30.4 Å². The fourth-order valence-electron chi connectivity index (χ4n) is 2.37. The van der Waals surface area contributed by atoms with Crippen molar-refractivity contribution in [2.45, 2.75) is 31.6 Å². The molecule has 6 heteroatoms. The lowest BCUT2D eigenvalue weighted by Crippen LogP contribution is -2.37. The van der Waals surface area contributed by atoms with E-state index in [1.807, 2.05) is 12.3 Å². The fraction of sp³-hybridized carbons (Fsp3) is 0.611. The Kier molecular flexibility index (Phi) is 8.39. The van der Waals surface area contributed by atoms with Crippen molar-refractivity contribution < 1.29 is 9.13 Å². The molecule has 0 atom stereocenters. The van der Waals surface area contributed by atoms with Crippen molar-refractivity contribution in [3.8, 4) is 0 Å². The van der Waals surface area contributed by atoms with E-state index in [1.165, 1.54) is 18.9 Å². The molecule has 0 bridgehead atoms. The average Bonchev–Trinajstić information content (AvgIpc) is 3.39. The highest BCUT2D eigenvalue weighted by atomic mass is 32.2. The fourth-order valence-corrected chi connectivity index (χ4v) is 2.95. The van der Waals surface area contributed by atoms with Crippen LogP contribution in [0.5, 0.6) is 0 Å². The van der Waals surface area contributed by atoms with Gasteiger partial charge in [0.15, 0.2) is 5.96 Å². The number of halogens is 1. The molecular weight excluding hydrogens is 325 g/mol. The average molecular weight is 354 g/mol. The summed E-state index contributed by atoms with van der Waals surface area (Å²) >= 11 is 1.69. The molecule has 0 spiro atoms. The molecule has 4 nitrogen and oxygen atoms in total. The summed E-state index contributed by atoms with van der Waals surface area (Å²) in [5.74, 6) is 2.20. The molecule has 1 fully saturated rings. The first kappa shape index (κ1) is 19.1. The number of thioether (sulfide) groups is 1. The predicted molar refractivity (Wildman–Crippen MR) is 100.0 cm³/mol. The summed E-state index contributed by atoms with van der Waals surface area (Å²) in [6.07, 6.45) is 5.64. The van der Waals surface area contributed by atoms with E-state index >= 15 is 0 Å². The summed E-state index contributed by atoms with van der Waals surface area (Å²) in [5, 5.41) is 6.58. The van der Waals surface area contributed by atoms with E-state index in [0.717, 1.165) is 54.9 Å². The third-order valence-electron chi connectivity index (χ3n) is 3.95. The van der Waals surface area contributed by atoms with Gasteiger partial charge in [-0.05, 0) is 54.7 Å². The van der Waals surface area contributed by atoms with Gasteiger partial charge < -0.3 is 15.4 Å². The molecule has 0 aromatic heterocycles. The minimum atomic E-state index is -0.184. The van der Waals surface area contributed by atoms with Crippen LogP contribution >= 0.6 is 11.8 Å². The quantitative estimate of drug-likeness (QED) is 0.385. The van der Waals surface area contributed by atoms with Gasteiger partial charge in [-0.2, -0.15) is 11.8 Å². The molecule has 2 N–H and O–H groups in total. The van der Waals surface area contributed by atoms with Gasteiger partial charge in [0.2, 0.25) is 0 Å². The van der Waals surface area contributed by atoms with E-state index in [1.54, 1.807) is 24.9 Å². The van der Waals surface area contributed by atoms with Crippen molar-refractivity contribution in [3.63, 3.8) is 0 Å². The Bertz CT molecular complexity index is 535. The van der Waals surface area contributed by atoms with Gasteiger partial charge in [0.1, 0.15) is 5.82 Å². The predicted octanol–water partition coefficient (Wildman–Crippen LogP) is 3.17. The van der Waals surface area contributed by atoms with E-state index in [2.05, 4.69) is 15.6 Å². The second-order valence-corrected chi connectivity index (χ2v) is 6.94. The largest absolute Gasteiger partial charge is 0.381 e. The van der Waals surface area contributed by atoms with Crippen molar-refractivity contribution >= 4 is 17.7 Å². The summed E-state index contributed by atoms with van der Waals surface area (Å²) in [4.78, 5) is 4.23. The van der Waals surface area contributed by atoms with Crippen LogP contribution in [-0.2, 0) is 17.0 Å². The van der Waals surface area contributed by atoms with Gasteiger partial charge in [0, 0.05) is 39.1 Å². The molecule has 1 aromatic rings. The van der Waals surface area contributed by atoms with Crippen LogP contribution in [-0.4, -0.2) is 39.0 Å². The lowest BCUT2D eigenvalue weighted by Gasteiger charge is -2.14. The van der Waals surface area contributed by atoms with Crippen LogP contribution in [0.2, 0.25) is 0 Å². The molecule has 1 aliphatic carbocycles. The maximum absolute atomic E-state index is 13.4. The van der Waals surface area contributed by atoms with E-state index < -0.39 is 0 Å². The second-order valence-electron chi connectivity index (χ2n) is 6.07. The Balaban J connectivity index is 1.68. The highest BCUT2D eigenvalue weighted by Crippen LogP contribution is 2.28. The van der Waals surface area contributed by atoms with E-state index in [9.17, 15) is 4.39 Å². The standard InChI is InChI=1S/C18H28FN3OS/c1-20-18(21-8-3-9-23-12-14-4-5-14)22-11-15-6-7-17(19)10-16(15)13-24-2/h6-7,10,14H,3-5,8-9,11-13H2,1-2H3,(H2,20,21,22). The summed E-state index contributed by atoms with van der Waals surface area (Å²) in [6.45, 7) is 3.16. The molecule has 0 heterocycles. The highest BCUT2D eigenvalue weighted by molar-refractivity contribution is 7.97. The van der Waals surface area contributed by atoms with E-state index in [4.69, 9.17) is 4.74 Å². The van der Waals surface area contributed by atoms with Crippen LogP contribution in [0, 0.1) is 11.7 Å². The van der Waals surface area contributed by atoms with Crippen LogP contribution < -0.4 is 10.6 Å². The van der Waals surface area contributed by atoms with Gasteiger partial charge in [-0.1, -0.05) is 6.07 Å². The second kappa shape index (κ2) is 10.6. The Morgan fingerprint density at radius 1 is 1.33 bits per heavy atom. The molecular formula is C18H28FN3OS. The van der Waals surface area contributed by atoms with Crippen molar-refractivity contribution in [2.24, 2.45) is 10.9 Å². The number of aliphatic imine (C=N–C) groups is 1. The number of rotatable bonds is 10. The first-order chi connectivity index (χ1) is 11.7. The number of hydrogen-bond donors (Lipinski definition) is 2. The third-order valence-corrected chi connectivity index (χ3v) is 4.55. The Hall–Kier alpha value is -1.27. The van der Waals surface area contributed by atoms with Crippen LogP contribution in [0.25, 0.3) is 0 Å². The Morgan fingerprint density at radius 2 is 2.17 bits per heavy atom. The van der Waals surface area contributed by atoms with Gasteiger partial charge in [-0.3, -0.25) is 4.99 Å². The lowest BCUT2D eigenvalue weighted by molar-refractivity contribution is 0.123. The first-order valence-electron chi connectivity index (χ1n) is 8.51. The van der Waals surface area contributed by atoms with Gasteiger partial charge in [0.05, 0.1) is 0 Å². The van der Waals surface area contributed by atoms with Crippen LogP contribution in [0.3, 0.4) is 0 Å². The van der Waals surface area contributed by atoms with Crippen molar-refractivity contribution in [1.82, 2.24) is 10.6 Å².